The molecule has 0 amide bonds. The quantitative estimate of drug-likeness (QED) is 0.520. The Labute approximate surface area is 221 Å². The Bertz CT molecular complexity index is 1280. The molecule has 10 heteroatoms. The van der Waals surface area contributed by atoms with E-state index >= 15 is 0 Å². The highest BCUT2D eigenvalue weighted by Gasteiger charge is 2.43. The van der Waals surface area contributed by atoms with Crippen molar-refractivity contribution in [2.24, 2.45) is 5.73 Å². The van der Waals surface area contributed by atoms with Gasteiger partial charge in [0.05, 0.1) is 56.3 Å². The first-order valence-electron chi connectivity index (χ1n) is 12.2. The van der Waals surface area contributed by atoms with Crippen LogP contribution in [0.25, 0.3) is 0 Å². The summed E-state index contributed by atoms with van der Waals surface area (Å²) in [4.78, 5) is 30.0. The van der Waals surface area contributed by atoms with Gasteiger partial charge in [0, 0.05) is 25.7 Å². The number of nitrogens with two attached hydrogens (primary N) is 1. The molecule has 2 N–H and O–H groups in total. The zero-order valence-electron chi connectivity index (χ0n) is 21.4. The van der Waals surface area contributed by atoms with Crippen molar-refractivity contribution in [1.29, 1.82) is 5.26 Å². The summed E-state index contributed by atoms with van der Waals surface area (Å²) in [6.07, 6.45) is 0. The van der Waals surface area contributed by atoms with E-state index in [0.717, 1.165) is 19.6 Å². The van der Waals surface area contributed by atoms with Gasteiger partial charge in [-0.3, -0.25) is 9.80 Å². The highest BCUT2D eigenvalue weighted by molar-refractivity contribution is 6.06. The van der Waals surface area contributed by atoms with Crippen LogP contribution in [0.5, 0.6) is 5.75 Å². The maximum Gasteiger partial charge on any atom is 0.355 e. The number of anilines is 1. The molecule has 0 aromatic heterocycles. The van der Waals surface area contributed by atoms with Crippen LogP contribution in [0.3, 0.4) is 0 Å². The third-order valence-electron chi connectivity index (χ3n) is 6.47. The molecule has 1 saturated heterocycles. The Kier molecular flexibility index (Phi) is 8.63. The fraction of sp³-hybridized carbons (Fsp3) is 0.321. The van der Waals surface area contributed by atoms with Crippen molar-refractivity contribution in [1.82, 2.24) is 4.90 Å². The van der Waals surface area contributed by atoms with Crippen LogP contribution in [-0.4, -0.2) is 70.5 Å². The lowest BCUT2D eigenvalue weighted by Crippen LogP contribution is -2.40. The number of esters is 2. The van der Waals surface area contributed by atoms with Crippen molar-refractivity contribution in [3.05, 3.63) is 82.8 Å². The lowest BCUT2D eigenvalue weighted by molar-refractivity contribution is -0.139. The fourth-order valence-electron chi connectivity index (χ4n) is 4.61. The highest BCUT2D eigenvalue weighted by Crippen LogP contribution is 2.43. The first-order chi connectivity index (χ1) is 18.5. The smallest absolute Gasteiger partial charge is 0.355 e. The number of rotatable bonds is 8. The molecule has 4 rings (SSSR count). The molecule has 2 aromatic carbocycles. The molecule has 2 aliphatic rings. The molecule has 198 valence electrons. The van der Waals surface area contributed by atoms with Gasteiger partial charge in [-0.05, 0) is 17.7 Å². The summed E-state index contributed by atoms with van der Waals surface area (Å²) >= 11 is 0. The number of hydrogen-bond acceptors (Lipinski definition) is 10. The summed E-state index contributed by atoms with van der Waals surface area (Å²) in [5.74, 6) is -1.96. The predicted octanol–water partition coefficient (Wildman–Crippen LogP) is 2.30. The zero-order chi connectivity index (χ0) is 27.1. The van der Waals surface area contributed by atoms with Crippen LogP contribution in [-0.2, 0) is 23.8 Å². The molecule has 0 aliphatic carbocycles. The second-order valence-corrected chi connectivity index (χ2v) is 8.64. The van der Waals surface area contributed by atoms with E-state index in [1.807, 2.05) is 6.07 Å². The molecule has 0 saturated carbocycles. The summed E-state index contributed by atoms with van der Waals surface area (Å²) in [7, 11) is 2.43. The summed E-state index contributed by atoms with van der Waals surface area (Å²) in [6, 6.07) is 17.9. The number of nitrogens with zero attached hydrogens (tertiary/aromatic N) is 3. The minimum Gasteiger partial charge on any atom is -0.492 e. The maximum atomic E-state index is 13.2. The number of benzene rings is 2. The Hall–Kier alpha value is -4.33. The molecule has 2 aliphatic heterocycles. The zero-order valence-corrected chi connectivity index (χ0v) is 21.4. The summed E-state index contributed by atoms with van der Waals surface area (Å²) in [5, 5.41) is 10.2. The van der Waals surface area contributed by atoms with E-state index in [9.17, 15) is 14.9 Å². The van der Waals surface area contributed by atoms with E-state index in [2.05, 4.69) is 11.0 Å². The summed E-state index contributed by atoms with van der Waals surface area (Å²) < 4.78 is 21.5. The van der Waals surface area contributed by atoms with Crippen molar-refractivity contribution in [3.63, 3.8) is 0 Å². The van der Waals surface area contributed by atoms with Crippen molar-refractivity contribution in [3.8, 4) is 11.8 Å². The van der Waals surface area contributed by atoms with Crippen LogP contribution in [0.15, 0.2) is 77.3 Å². The first-order valence-corrected chi connectivity index (χ1v) is 12.2. The van der Waals surface area contributed by atoms with Gasteiger partial charge in [0.25, 0.3) is 0 Å². The molecular weight excluding hydrogens is 488 g/mol. The third kappa shape index (κ3) is 5.49. The van der Waals surface area contributed by atoms with Gasteiger partial charge < -0.3 is 24.7 Å². The second-order valence-electron chi connectivity index (χ2n) is 8.64. The van der Waals surface area contributed by atoms with Crippen molar-refractivity contribution < 1.29 is 28.5 Å². The van der Waals surface area contributed by atoms with Crippen LogP contribution in [0.2, 0.25) is 0 Å². The molecule has 0 radical (unpaired) electrons. The van der Waals surface area contributed by atoms with E-state index < -0.39 is 17.9 Å². The van der Waals surface area contributed by atoms with E-state index in [1.54, 1.807) is 48.5 Å². The number of allylic oxidation sites excluding steroid dienone is 1. The van der Waals surface area contributed by atoms with Gasteiger partial charge in [0.15, 0.2) is 0 Å². The number of methoxy groups -OCH3 is 2. The second kappa shape index (κ2) is 12.3. The number of carbonyl (C=O) groups excluding carboxylic acids is 2. The molecule has 2 aromatic rings. The van der Waals surface area contributed by atoms with Gasteiger partial charge in [-0.2, -0.15) is 5.26 Å². The number of carbonyl (C=O) groups is 2. The third-order valence-corrected chi connectivity index (χ3v) is 6.47. The van der Waals surface area contributed by atoms with Crippen LogP contribution >= 0.6 is 0 Å². The average Bonchev–Trinajstić information content (AvgIpc) is 2.96. The SMILES string of the molecule is COC(=O)C1=C(C(=O)OC)N(c2cccc(OCCN3CCOCC3)c2)C(N)=C(C#N)C1c1ccccc1. The minimum atomic E-state index is -0.924. The molecule has 1 fully saturated rings. The number of nitriles is 1. The number of hydrogen-bond donors (Lipinski definition) is 1. The van der Waals surface area contributed by atoms with E-state index in [4.69, 9.17) is 24.7 Å². The molecule has 1 unspecified atom stereocenters. The molecule has 38 heavy (non-hydrogen) atoms. The molecule has 10 nitrogen and oxygen atoms in total. The van der Waals surface area contributed by atoms with E-state index in [-0.39, 0.29) is 22.7 Å². The van der Waals surface area contributed by atoms with Gasteiger partial charge in [-0.1, -0.05) is 36.4 Å². The van der Waals surface area contributed by atoms with Crippen LogP contribution in [0.1, 0.15) is 11.5 Å². The Morgan fingerprint density at radius 1 is 1.05 bits per heavy atom. The first kappa shape index (κ1) is 26.7. The fourth-order valence-corrected chi connectivity index (χ4v) is 4.61. The molecule has 0 spiro atoms. The monoisotopic (exact) mass is 518 g/mol. The Balaban J connectivity index is 1.77. The van der Waals surface area contributed by atoms with Crippen LogP contribution in [0.4, 0.5) is 5.69 Å². The van der Waals surface area contributed by atoms with Gasteiger partial charge >= 0.3 is 11.9 Å². The number of morpholine rings is 1. The topological polar surface area (TPSA) is 127 Å². The van der Waals surface area contributed by atoms with Crippen molar-refractivity contribution in [2.45, 2.75) is 5.92 Å². The predicted molar refractivity (Wildman–Crippen MR) is 139 cm³/mol. The Morgan fingerprint density at radius 2 is 1.76 bits per heavy atom. The van der Waals surface area contributed by atoms with Crippen LogP contribution < -0.4 is 15.4 Å². The summed E-state index contributed by atoms with van der Waals surface area (Å²) in [6.45, 7) is 4.28. The largest absolute Gasteiger partial charge is 0.492 e. The van der Waals surface area contributed by atoms with Crippen LogP contribution in [0, 0.1) is 11.3 Å². The van der Waals surface area contributed by atoms with Gasteiger partial charge in [0.2, 0.25) is 0 Å². The van der Waals surface area contributed by atoms with Crippen molar-refractivity contribution >= 4 is 17.6 Å². The number of ether oxygens (including phenoxy) is 4. The lowest BCUT2D eigenvalue weighted by atomic mass is 9.81. The normalized spacial score (nSPS) is 18.1. The van der Waals surface area contributed by atoms with E-state index in [0.29, 0.717) is 36.8 Å². The molecule has 1 atom stereocenters. The van der Waals surface area contributed by atoms with Crippen molar-refractivity contribution in [2.75, 3.05) is 58.6 Å². The summed E-state index contributed by atoms with van der Waals surface area (Å²) in [5.41, 5.74) is 7.51. The standard InChI is InChI=1S/C28H30N4O6/c1-35-27(33)24-23(19-7-4-3-5-8-19)22(18-29)26(30)32(25(24)28(34)36-2)20-9-6-10-21(17-20)38-16-13-31-11-14-37-15-12-31/h3-10,17,23H,11-16,30H2,1-2H3. The van der Waals surface area contributed by atoms with Gasteiger partial charge in [0.1, 0.15) is 23.9 Å². The molecular formula is C28H30N4O6. The van der Waals surface area contributed by atoms with E-state index in [1.165, 1.54) is 19.1 Å². The van der Waals surface area contributed by atoms with Gasteiger partial charge in [-0.25, -0.2) is 9.59 Å². The maximum absolute atomic E-state index is 13.2. The molecule has 0 bridgehead atoms. The molecule has 2 heterocycles. The average molecular weight is 519 g/mol. The van der Waals surface area contributed by atoms with Gasteiger partial charge in [-0.15, -0.1) is 0 Å². The minimum absolute atomic E-state index is 0.000118. The highest BCUT2D eigenvalue weighted by atomic mass is 16.5. The lowest BCUT2D eigenvalue weighted by Gasteiger charge is -2.36. The Morgan fingerprint density at radius 3 is 2.42 bits per heavy atom.